The summed E-state index contributed by atoms with van der Waals surface area (Å²) in [6.45, 7) is 1.86. The molecule has 1 aromatic rings. The largest absolute Gasteiger partial charge is 0.435 e. The van der Waals surface area contributed by atoms with E-state index in [1.165, 1.54) is 31.2 Å². The summed E-state index contributed by atoms with van der Waals surface area (Å²) in [4.78, 5) is 12.0. The molecule has 0 aromatic heterocycles. The van der Waals surface area contributed by atoms with Gasteiger partial charge < -0.3 is 10.1 Å². The number of amides is 1. The first-order valence-corrected chi connectivity index (χ1v) is 8.95. The van der Waals surface area contributed by atoms with Crippen LogP contribution in [0.5, 0.6) is 5.75 Å². The first-order valence-electron chi connectivity index (χ1n) is 7.24. The fourth-order valence-electron chi connectivity index (χ4n) is 1.98. The number of carbonyl (C=O) groups excluding carboxylic acids is 1. The van der Waals surface area contributed by atoms with E-state index in [1.807, 2.05) is 0 Å². The minimum absolute atomic E-state index is 0.0150. The van der Waals surface area contributed by atoms with Gasteiger partial charge in [0.15, 0.2) is 9.84 Å². The van der Waals surface area contributed by atoms with E-state index >= 15 is 0 Å². The average molecular weight is 349 g/mol. The second-order valence-electron chi connectivity index (χ2n) is 5.19. The Balaban J connectivity index is 2.71. The van der Waals surface area contributed by atoms with Gasteiger partial charge in [-0.25, -0.2) is 8.42 Å². The molecule has 130 valence electrons. The van der Waals surface area contributed by atoms with E-state index in [2.05, 4.69) is 10.1 Å². The van der Waals surface area contributed by atoms with Gasteiger partial charge in [-0.2, -0.15) is 8.78 Å². The zero-order chi connectivity index (χ0) is 17.6. The second-order valence-corrected chi connectivity index (χ2v) is 7.63. The number of nitrogens with one attached hydrogen (secondary N) is 1. The molecule has 0 saturated carbocycles. The van der Waals surface area contributed by atoms with Crippen LogP contribution in [0.4, 0.5) is 8.78 Å². The maximum Gasteiger partial charge on any atom is 0.387 e. The van der Waals surface area contributed by atoms with Crippen molar-refractivity contribution >= 4 is 15.7 Å². The van der Waals surface area contributed by atoms with Crippen LogP contribution >= 0.6 is 0 Å². The number of alkyl halides is 2. The first-order chi connectivity index (χ1) is 10.7. The quantitative estimate of drug-likeness (QED) is 0.783. The van der Waals surface area contributed by atoms with Crippen molar-refractivity contribution in [2.24, 2.45) is 0 Å². The molecule has 0 spiro atoms. The Morgan fingerprint density at radius 1 is 1.22 bits per heavy atom. The number of rotatable bonds is 8. The van der Waals surface area contributed by atoms with Crippen molar-refractivity contribution in [1.29, 1.82) is 0 Å². The number of sulfone groups is 1. The zero-order valence-electron chi connectivity index (χ0n) is 13.3. The van der Waals surface area contributed by atoms with Crippen molar-refractivity contribution in [3.8, 4) is 5.75 Å². The van der Waals surface area contributed by atoms with E-state index in [1.54, 1.807) is 13.8 Å². The zero-order valence-corrected chi connectivity index (χ0v) is 14.1. The first kappa shape index (κ1) is 19.3. The molecule has 5 nitrogen and oxygen atoms in total. The van der Waals surface area contributed by atoms with Gasteiger partial charge in [-0.3, -0.25) is 4.79 Å². The summed E-state index contributed by atoms with van der Waals surface area (Å²) >= 11 is 0. The molecule has 1 N–H and O–H groups in total. The molecule has 0 aliphatic heterocycles. The smallest absolute Gasteiger partial charge is 0.387 e. The predicted octanol–water partition coefficient (Wildman–Crippen LogP) is 2.68. The molecule has 8 heteroatoms. The number of halogens is 2. The van der Waals surface area contributed by atoms with Crippen LogP contribution in [0.2, 0.25) is 0 Å². The highest BCUT2D eigenvalue weighted by Crippen LogP contribution is 2.19. The van der Waals surface area contributed by atoms with Gasteiger partial charge in [0.25, 0.3) is 0 Å². The van der Waals surface area contributed by atoms with Crippen molar-refractivity contribution in [3.05, 3.63) is 29.8 Å². The molecule has 0 bridgehead atoms. The second kappa shape index (κ2) is 8.24. The fourth-order valence-corrected chi connectivity index (χ4v) is 3.29. The highest BCUT2D eigenvalue weighted by atomic mass is 32.2. The lowest BCUT2D eigenvalue weighted by Gasteiger charge is -2.18. The van der Waals surface area contributed by atoms with Crippen LogP contribution in [-0.2, 0) is 14.6 Å². The maximum atomic E-state index is 12.1. The van der Waals surface area contributed by atoms with E-state index in [0.29, 0.717) is 12.0 Å². The summed E-state index contributed by atoms with van der Waals surface area (Å²) in [5.74, 6) is -0.615. The molecule has 0 heterocycles. The topological polar surface area (TPSA) is 72.5 Å². The summed E-state index contributed by atoms with van der Waals surface area (Å²) in [5, 5.41) is 1.48. The summed E-state index contributed by atoms with van der Waals surface area (Å²) in [7, 11) is -3.47. The third-order valence-corrected chi connectivity index (χ3v) is 5.63. The molecule has 0 aliphatic rings. The molecule has 23 heavy (non-hydrogen) atoms. The molecule has 0 saturated heterocycles. The Hall–Kier alpha value is -1.70. The maximum absolute atomic E-state index is 12.1. The summed E-state index contributed by atoms with van der Waals surface area (Å²) < 4.78 is 52.2. The van der Waals surface area contributed by atoms with E-state index in [4.69, 9.17) is 0 Å². The third kappa shape index (κ3) is 5.78. The van der Waals surface area contributed by atoms with Crippen LogP contribution in [0, 0.1) is 0 Å². The molecule has 1 amide bonds. The van der Waals surface area contributed by atoms with Crippen LogP contribution in [0.15, 0.2) is 24.3 Å². The van der Waals surface area contributed by atoms with Crippen molar-refractivity contribution < 1.29 is 26.7 Å². The van der Waals surface area contributed by atoms with Gasteiger partial charge in [0.05, 0.1) is 11.8 Å². The number of hydrogen-bond donors (Lipinski definition) is 1. The number of ether oxygens (including phenoxy) is 1. The Labute approximate surface area is 134 Å². The third-order valence-electron chi connectivity index (χ3n) is 3.36. The van der Waals surface area contributed by atoms with Gasteiger partial charge in [0, 0.05) is 0 Å². The minimum Gasteiger partial charge on any atom is -0.435 e. The Morgan fingerprint density at radius 2 is 1.78 bits per heavy atom. The predicted molar refractivity (Wildman–Crippen MR) is 83.2 cm³/mol. The van der Waals surface area contributed by atoms with Crippen LogP contribution in [0.3, 0.4) is 0 Å². The lowest BCUT2D eigenvalue weighted by Crippen LogP contribution is -2.40. The van der Waals surface area contributed by atoms with Crippen molar-refractivity contribution in [3.63, 3.8) is 0 Å². The number of hydrogen-bond acceptors (Lipinski definition) is 4. The molecular weight excluding hydrogens is 328 g/mol. The highest BCUT2D eigenvalue weighted by Gasteiger charge is 2.28. The van der Waals surface area contributed by atoms with Crippen LogP contribution in [0.25, 0.3) is 0 Å². The van der Waals surface area contributed by atoms with E-state index in [9.17, 15) is 22.0 Å². The molecule has 1 rings (SSSR count). The number of benzene rings is 1. The lowest BCUT2D eigenvalue weighted by molar-refractivity contribution is -0.121. The van der Waals surface area contributed by atoms with Crippen molar-refractivity contribution in [2.75, 3.05) is 5.75 Å². The van der Waals surface area contributed by atoms with Crippen LogP contribution in [0.1, 0.15) is 38.8 Å². The molecular formula is C15H21F2NO4S. The molecule has 0 fully saturated rings. The summed E-state index contributed by atoms with van der Waals surface area (Å²) in [6.07, 6.45) is 0.446. The van der Waals surface area contributed by atoms with Crippen LogP contribution < -0.4 is 10.1 Å². The lowest BCUT2D eigenvalue weighted by atomic mass is 10.1. The highest BCUT2D eigenvalue weighted by molar-refractivity contribution is 7.92. The summed E-state index contributed by atoms with van der Waals surface area (Å²) in [6, 6.07) is 5.34. The van der Waals surface area contributed by atoms with E-state index in [-0.39, 0.29) is 11.5 Å². The molecule has 0 radical (unpaired) electrons. The van der Waals surface area contributed by atoms with Crippen molar-refractivity contribution in [2.45, 2.75) is 45.1 Å². The monoisotopic (exact) mass is 349 g/mol. The standard InChI is InChI=1S/C15H21F2NO4S/c1-4-9-23(20,21)11(3)14(19)18-10(2)12-5-7-13(8-6-12)22-15(16)17/h5-8,10-11,15H,4,9H2,1-3H3,(H,18,19)/t10-,11+/m1/s1. The van der Waals surface area contributed by atoms with Gasteiger partial charge in [-0.1, -0.05) is 19.1 Å². The summed E-state index contributed by atoms with van der Waals surface area (Å²) in [5.41, 5.74) is 0.653. The molecule has 0 unspecified atom stereocenters. The Kier molecular flexibility index (Phi) is 6.93. The normalized spacial score (nSPS) is 14.3. The SMILES string of the molecule is CCCS(=O)(=O)[C@@H](C)C(=O)N[C@H](C)c1ccc(OC(F)F)cc1. The Bertz CT molecular complexity index is 617. The van der Waals surface area contributed by atoms with E-state index in [0.717, 1.165) is 0 Å². The van der Waals surface area contributed by atoms with Gasteiger partial charge >= 0.3 is 6.61 Å². The molecule has 1 aromatic carbocycles. The van der Waals surface area contributed by atoms with Gasteiger partial charge in [-0.05, 0) is 38.0 Å². The minimum atomic E-state index is -3.47. The van der Waals surface area contributed by atoms with Gasteiger partial charge in [0.1, 0.15) is 11.0 Å². The molecule has 0 aliphatic carbocycles. The van der Waals surface area contributed by atoms with Gasteiger partial charge in [-0.15, -0.1) is 0 Å². The Morgan fingerprint density at radius 3 is 2.26 bits per heavy atom. The van der Waals surface area contributed by atoms with E-state index < -0.39 is 33.6 Å². The van der Waals surface area contributed by atoms with Crippen molar-refractivity contribution in [1.82, 2.24) is 5.32 Å². The van der Waals surface area contributed by atoms with Crippen LogP contribution in [-0.4, -0.2) is 31.9 Å². The van der Waals surface area contributed by atoms with Gasteiger partial charge in [0.2, 0.25) is 5.91 Å². The number of carbonyl (C=O) groups is 1. The molecule has 2 atom stereocenters. The fraction of sp³-hybridized carbons (Fsp3) is 0.533. The average Bonchev–Trinajstić information content (AvgIpc) is 2.46.